The van der Waals surface area contributed by atoms with Gasteiger partial charge >= 0.3 is 0 Å². The fourth-order valence-electron chi connectivity index (χ4n) is 2.07. The molecule has 0 heterocycles. The lowest BCUT2D eigenvalue weighted by Gasteiger charge is -2.19. The van der Waals surface area contributed by atoms with Gasteiger partial charge in [-0.15, -0.1) is 0 Å². The van der Waals surface area contributed by atoms with Crippen molar-refractivity contribution in [3.63, 3.8) is 0 Å². The molecule has 5 heteroatoms. The van der Waals surface area contributed by atoms with Gasteiger partial charge in [0.05, 0.1) is 11.1 Å². The smallest absolute Gasteiger partial charge is 0.141 e. The van der Waals surface area contributed by atoms with Gasteiger partial charge in [-0.05, 0) is 41.9 Å². The quantitative estimate of drug-likeness (QED) is 0.879. The zero-order valence-electron chi connectivity index (χ0n) is 10.8. The minimum atomic E-state index is -0.656. The maximum atomic E-state index is 13.3. The van der Waals surface area contributed by atoms with Crippen molar-refractivity contribution in [1.29, 1.82) is 0 Å². The van der Waals surface area contributed by atoms with E-state index >= 15 is 0 Å². The highest BCUT2D eigenvalue weighted by Crippen LogP contribution is 2.27. The van der Waals surface area contributed by atoms with Gasteiger partial charge in [0.1, 0.15) is 17.5 Å². The summed E-state index contributed by atoms with van der Waals surface area (Å²) in [5, 5.41) is 3.08. The van der Waals surface area contributed by atoms with Crippen LogP contribution in [0.25, 0.3) is 0 Å². The van der Waals surface area contributed by atoms with Gasteiger partial charge < -0.3 is 5.32 Å². The zero-order chi connectivity index (χ0) is 14.7. The van der Waals surface area contributed by atoms with Crippen LogP contribution in [-0.4, -0.2) is 6.54 Å². The number of nitrogens with one attached hydrogen (secondary N) is 1. The van der Waals surface area contributed by atoms with E-state index in [0.717, 1.165) is 6.07 Å². The van der Waals surface area contributed by atoms with Gasteiger partial charge in [0.2, 0.25) is 0 Å². The summed E-state index contributed by atoms with van der Waals surface area (Å²) in [4.78, 5) is 0. The average molecular weight is 300 g/mol. The maximum Gasteiger partial charge on any atom is 0.141 e. The Morgan fingerprint density at radius 2 is 1.65 bits per heavy atom. The number of hydrogen-bond donors (Lipinski definition) is 1. The fourth-order valence-corrected chi connectivity index (χ4v) is 2.26. The molecule has 0 saturated carbocycles. The van der Waals surface area contributed by atoms with Crippen LogP contribution in [0.2, 0.25) is 5.02 Å². The second-order valence-electron chi connectivity index (χ2n) is 4.37. The third-order valence-electron chi connectivity index (χ3n) is 2.90. The van der Waals surface area contributed by atoms with Crippen molar-refractivity contribution < 1.29 is 13.2 Å². The molecule has 0 fully saturated rings. The van der Waals surface area contributed by atoms with E-state index in [4.69, 9.17) is 11.6 Å². The van der Waals surface area contributed by atoms with E-state index in [2.05, 4.69) is 5.32 Å². The van der Waals surface area contributed by atoms with Crippen LogP contribution in [0.4, 0.5) is 13.2 Å². The highest BCUT2D eigenvalue weighted by atomic mass is 35.5. The van der Waals surface area contributed by atoms with Crippen LogP contribution in [-0.2, 0) is 0 Å². The first-order chi connectivity index (χ1) is 9.51. The van der Waals surface area contributed by atoms with Crippen molar-refractivity contribution in [1.82, 2.24) is 5.32 Å². The molecular weight excluding hydrogens is 287 g/mol. The molecule has 2 aromatic rings. The molecule has 0 spiro atoms. The molecule has 0 aliphatic heterocycles. The first kappa shape index (κ1) is 14.9. The van der Waals surface area contributed by atoms with Crippen molar-refractivity contribution in [3.05, 3.63) is 70.0 Å². The number of hydrogen-bond acceptors (Lipinski definition) is 1. The van der Waals surface area contributed by atoms with Crippen LogP contribution >= 0.6 is 11.6 Å². The molecule has 1 atom stereocenters. The Morgan fingerprint density at radius 1 is 1.00 bits per heavy atom. The van der Waals surface area contributed by atoms with E-state index in [1.54, 1.807) is 0 Å². The molecule has 1 nitrogen and oxygen atoms in total. The van der Waals surface area contributed by atoms with E-state index in [1.165, 1.54) is 30.3 Å². The summed E-state index contributed by atoms with van der Waals surface area (Å²) in [6, 6.07) is 7.07. The van der Waals surface area contributed by atoms with Crippen LogP contribution in [0.15, 0.2) is 36.4 Å². The van der Waals surface area contributed by atoms with Crippen molar-refractivity contribution >= 4 is 11.6 Å². The third kappa shape index (κ3) is 3.32. The highest BCUT2D eigenvalue weighted by molar-refractivity contribution is 6.30. The summed E-state index contributed by atoms with van der Waals surface area (Å²) in [7, 11) is 0. The average Bonchev–Trinajstić information content (AvgIpc) is 2.38. The topological polar surface area (TPSA) is 12.0 Å². The molecule has 0 saturated heterocycles. The van der Waals surface area contributed by atoms with Crippen LogP contribution in [0, 0.1) is 17.5 Å². The standard InChI is InChI=1S/C15H13ClF3N/c1-2-20-15(9-3-4-14(19)13(16)7-9)10-5-11(17)8-12(18)6-10/h3-8,15,20H,2H2,1H3. The van der Waals surface area contributed by atoms with Crippen molar-refractivity contribution in [2.24, 2.45) is 0 Å². The van der Waals surface area contributed by atoms with Gasteiger partial charge in [-0.3, -0.25) is 0 Å². The van der Waals surface area contributed by atoms with Gasteiger partial charge in [-0.1, -0.05) is 24.6 Å². The second kappa shape index (κ2) is 6.29. The minimum Gasteiger partial charge on any atom is -0.307 e. The van der Waals surface area contributed by atoms with Gasteiger partial charge in [0, 0.05) is 6.07 Å². The van der Waals surface area contributed by atoms with Gasteiger partial charge in [0.25, 0.3) is 0 Å². The fraction of sp³-hybridized carbons (Fsp3) is 0.200. The Hall–Kier alpha value is -1.52. The van der Waals surface area contributed by atoms with Crippen molar-refractivity contribution in [2.75, 3.05) is 6.54 Å². The van der Waals surface area contributed by atoms with Crippen molar-refractivity contribution in [2.45, 2.75) is 13.0 Å². The lowest BCUT2D eigenvalue weighted by molar-refractivity contribution is 0.564. The predicted molar refractivity (Wildman–Crippen MR) is 73.3 cm³/mol. The monoisotopic (exact) mass is 299 g/mol. The largest absolute Gasteiger partial charge is 0.307 e. The van der Waals surface area contributed by atoms with E-state index in [-0.39, 0.29) is 5.02 Å². The SMILES string of the molecule is CCNC(c1cc(F)cc(F)c1)c1ccc(F)c(Cl)c1. The Labute approximate surface area is 120 Å². The molecule has 0 amide bonds. The zero-order valence-corrected chi connectivity index (χ0v) is 11.5. The van der Waals surface area contributed by atoms with E-state index in [1.807, 2.05) is 6.92 Å². The molecule has 0 aliphatic rings. The molecule has 0 aromatic heterocycles. The lowest BCUT2D eigenvalue weighted by Crippen LogP contribution is -2.22. The predicted octanol–water partition coefficient (Wildman–Crippen LogP) is 4.46. The molecule has 2 aromatic carbocycles. The van der Waals surface area contributed by atoms with E-state index in [9.17, 15) is 13.2 Å². The number of halogens is 4. The molecule has 0 radical (unpaired) electrons. The molecule has 0 bridgehead atoms. The molecule has 1 unspecified atom stereocenters. The second-order valence-corrected chi connectivity index (χ2v) is 4.77. The summed E-state index contributed by atoms with van der Waals surface area (Å²) in [5.74, 6) is -1.84. The van der Waals surface area contributed by atoms with Crippen molar-refractivity contribution in [3.8, 4) is 0 Å². The van der Waals surface area contributed by atoms with E-state index in [0.29, 0.717) is 17.7 Å². The number of benzene rings is 2. The molecule has 1 N–H and O–H groups in total. The molecule has 106 valence electrons. The summed E-state index contributed by atoms with van der Waals surface area (Å²) in [6.45, 7) is 2.45. The molecule has 2 rings (SSSR count). The molecular formula is C15H13ClF3N. The molecule has 20 heavy (non-hydrogen) atoms. The Balaban J connectivity index is 2.46. The van der Waals surface area contributed by atoms with Gasteiger partial charge in [-0.25, -0.2) is 13.2 Å². The first-order valence-electron chi connectivity index (χ1n) is 6.15. The minimum absolute atomic E-state index is 0.0257. The third-order valence-corrected chi connectivity index (χ3v) is 3.19. The van der Waals surface area contributed by atoms with Crippen LogP contribution < -0.4 is 5.32 Å². The Bertz CT molecular complexity index is 596. The van der Waals surface area contributed by atoms with Gasteiger partial charge in [0.15, 0.2) is 0 Å². The maximum absolute atomic E-state index is 13.3. The van der Waals surface area contributed by atoms with Crippen LogP contribution in [0.5, 0.6) is 0 Å². The Morgan fingerprint density at radius 3 is 2.20 bits per heavy atom. The van der Waals surface area contributed by atoms with Crippen LogP contribution in [0.1, 0.15) is 24.1 Å². The van der Waals surface area contributed by atoms with E-state index < -0.39 is 23.5 Å². The highest BCUT2D eigenvalue weighted by Gasteiger charge is 2.16. The van der Waals surface area contributed by atoms with Gasteiger partial charge in [-0.2, -0.15) is 0 Å². The summed E-state index contributed by atoms with van der Waals surface area (Å²) in [5.41, 5.74) is 1.07. The lowest BCUT2D eigenvalue weighted by atomic mass is 9.98. The molecule has 0 aliphatic carbocycles. The summed E-state index contributed by atoms with van der Waals surface area (Å²) in [6.07, 6.45) is 0. The first-order valence-corrected chi connectivity index (χ1v) is 6.53. The van der Waals surface area contributed by atoms with Crippen LogP contribution in [0.3, 0.4) is 0 Å². The number of rotatable bonds is 4. The normalized spacial score (nSPS) is 12.4. The Kier molecular flexibility index (Phi) is 4.68. The summed E-state index contributed by atoms with van der Waals surface area (Å²) < 4.78 is 39.9. The summed E-state index contributed by atoms with van der Waals surface area (Å²) >= 11 is 5.76.